The first-order chi connectivity index (χ1) is 30.8. The summed E-state index contributed by atoms with van der Waals surface area (Å²) in [6.07, 6.45) is 9.34. The molecule has 6 atom stereocenters. The Bertz CT molecular complexity index is 2400. The minimum Gasteiger partial charge on any atom is -0.444 e. The van der Waals surface area contributed by atoms with Gasteiger partial charge in [-0.05, 0) is 138 Å². The van der Waals surface area contributed by atoms with E-state index in [9.17, 15) is 19.2 Å². The van der Waals surface area contributed by atoms with E-state index >= 15 is 0 Å². The lowest BCUT2D eigenvalue weighted by Gasteiger charge is -2.31. The van der Waals surface area contributed by atoms with Crippen LogP contribution in [0.25, 0.3) is 33.6 Å². The molecule has 65 heavy (non-hydrogen) atoms. The summed E-state index contributed by atoms with van der Waals surface area (Å²) in [5.41, 5.74) is 7.81. The number of hydrogen-bond donors (Lipinski definition) is 4. The SMILES string of the molecule is CC(C)[C@H](NC(=O)OC(C)(C)C)C(=O)N1CCC[C@H]1c1nc(-c2ccc(-c3ccc(-c4cnc([C@@H]5CCCN5C(=O)[C@@H](NC(=O)OC(C)(C)C)C(C)C)[nH]4)cc3)c3c2CC2CCC32)c[nH]1. The van der Waals surface area contributed by atoms with Crippen LogP contribution in [0.5, 0.6) is 0 Å². The predicted molar refractivity (Wildman–Crippen MR) is 250 cm³/mol. The molecule has 4 aromatic rings. The monoisotopic (exact) mass is 889 g/mol. The third kappa shape index (κ3) is 9.68. The van der Waals surface area contributed by atoms with E-state index in [1.807, 2.05) is 70.7 Å². The molecule has 2 unspecified atom stereocenters. The Morgan fingerprint density at radius 2 is 1.25 bits per heavy atom. The molecule has 348 valence electrons. The minimum absolute atomic E-state index is 0.120. The van der Waals surface area contributed by atoms with Gasteiger partial charge in [0.05, 0.1) is 29.7 Å². The van der Waals surface area contributed by atoms with Crippen molar-refractivity contribution in [3.8, 4) is 33.6 Å². The van der Waals surface area contributed by atoms with Crippen molar-refractivity contribution in [1.82, 2.24) is 40.4 Å². The highest BCUT2D eigenvalue weighted by atomic mass is 16.6. The molecule has 4 N–H and O–H groups in total. The van der Waals surface area contributed by atoms with E-state index in [0.29, 0.717) is 24.9 Å². The number of aromatic nitrogens is 4. The van der Waals surface area contributed by atoms with E-state index in [2.05, 4.69) is 57.0 Å². The Morgan fingerprint density at radius 1 is 0.708 bits per heavy atom. The number of alkyl carbamates (subject to hydrolysis) is 2. The summed E-state index contributed by atoms with van der Waals surface area (Å²) in [7, 11) is 0. The highest BCUT2D eigenvalue weighted by Gasteiger charge is 2.43. The topological polar surface area (TPSA) is 175 Å². The molecule has 4 amide bonds. The lowest BCUT2D eigenvalue weighted by molar-refractivity contribution is -0.136. The molecule has 2 aromatic heterocycles. The zero-order chi connectivity index (χ0) is 46.5. The van der Waals surface area contributed by atoms with Gasteiger partial charge >= 0.3 is 12.2 Å². The number of carbonyl (C=O) groups is 4. The Labute approximate surface area is 383 Å². The van der Waals surface area contributed by atoms with Crippen molar-refractivity contribution >= 4 is 24.0 Å². The van der Waals surface area contributed by atoms with Gasteiger partial charge in [-0.15, -0.1) is 0 Å². The molecule has 2 aromatic carbocycles. The standard InChI is InChI=1S/C51H68N8O6/c1-28(2)42(56-48(62)64-50(5,6)7)46(60)58-23-11-13-39(58)44-52-26-37(54-44)31-17-15-30(16-18-31)33-21-22-35(36-25-32-19-20-34(32)41(33)36)38-27-53-45(55-38)40-14-12-24-59(40)47(61)43(29(3)4)57-49(63)65-51(8,9)10/h15-18,21-22,26-29,32,34,39-40,42-43H,11-14,19-20,23-25H2,1-10H3,(H,52,54)(H,53,55)(H,56,62)(H,57,63)/t32?,34?,39-,40-,42-,43-/m0/s1. The second kappa shape index (κ2) is 18.0. The zero-order valence-electron chi connectivity index (χ0n) is 39.8. The Hall–Kier alpha value is -5.66. The maximum atomic E-state index is 14.0. The summed E-state index contributed by atoms with van der Waals surface area (Å²) < 4.78 is 11.0. The van der Waals surface area contributed by atoms with Crippen LogP contribution in [-0.2, 0) is 25.5 Å². The Balaban J connectivity index is 0.984. The van der Waals surface area contributed by atoms with Crippen LogP contribution >= 0.6 is 0 Å². The lowest BCUT2D eigenvalue weighted by Crippen LogP contribution is -2.52. The van der Waals surface area contributed by atoms with Gasteiger partial charge in [0, 0.05) is 24.8 Å². The molecule has 4 aliphatic rings. The van der Waals surface area contributed by atoms with Gasteiger partial charge in [-0.3, -0.25) is 9.59 Å². The fourth-order valence-corrected chi connectivity index (χ4v) is 10.3. The quantitative estimate of drug-likeness (QED) is 0.115. The van der Waals surface area contributed by atoms with Crippen molar-refractivity contribution in [2.75, 3.05) is 13.1 Å². The average molecular weight is 889 g/mol. The normalized spacial score (nSPS) is 21.5. The number of benzene rings is 2. The molecule has 0 radical (unpaired) electrons. The average Bonchev–Trinajstić information content (AvgIpc) is 4.07. The van der Waals surface area contributed by atoms with Gasteiger partial charge in [0.2, 0.25) is 11.8 Å². The number of aromatic amines is 2. The molecular formula is C51H68N8O6. The molecule has 2 aliphatic carbocycles. The van der Waals surface area contributed by atoms with Crippen LogP contribution in [0.4, 0.5) is 9.59 Å². The first kappa shape index (κ1) is 45.9. The fraction of sp³-hybridized carbons (Fsp3) is 0.569. The van der Waals surface area contributed by atoms with E-state index in [-0.39, 0.29) is 35.7 Å². The van der Waals surface area contributed by atoms with Crippen LogP contribution in [0.2, 0.25) is 0 Å². The summed E-state index contributed by atoms with van der Waals surface area (Å²) in [5, 5.41) is 5.67. The summed E-state index contributed by atoms with van der Waals surface area (Å²) in [6, 6.07) is 11.3. The van der Waals surface area contributed by atoms with Crippen LogP contribution in [0, 0.1) is 17.8 Å². The van der Waals surface area contributed by atoms with Crippen molar-refractivity contribution in [2.45, 2.75) is 155 Å². The van der Waals surface area contributed by atoms with Crippen molar-refractivity contribution in [3.63, 3.8) is 0 Å². The molecule has 1 saturated carbocycles. The third-order valence-corrected chi connectivity index (χ3v) is 13.5. The van der Waals surface area contributed by atoms with Gasteiger partial charge in [-0.2, -0.15) is 0 Å². The molecule has 14 nitrogen and oxygen atoms in total. The van der Waals surface area contributed by atoms with Crippen molar-refractivity contribution in [3.05, 3.63) is 71.6 Å². The number of rotatable bonds is 11. The number of H-pyrrole nitrogens is 2. The fourth-order valence-electron chi connectivity index (χ4n) is 10.3. The van der Waals surface area contributed by atoms with Crippen LogP contribution in [0.3, 0.4) is 0 Å². The largest absolute Gasteiger partial charge is 0.444 e. The molecule has 0 bridgehead atoms. The number of likely N-dealkylation sites (tertiary alicyclic amines) is 2. The van der Waals surface area contributed by atoms with Gasteiger partial charge in [0.25, 0.3) is 0 Å². The highest BCUT2D eigenvalue weighted by Crippen LogP contribution is 2.56. The van der Waals surface area contributed by atoms with Gasteiger partial charge in [0.15, 0.2) is 0 Å². The smallest absolute Gasteiger partial charge is 0.408 e. The van der Waals surface area contributed by atoms with Gasteiger partial charge in [0.1, 0.15) is 34.9 Å². The van der Waals surface area contributed by atoms with E-state index in [4.69, 9.17) is 19.4 Å². The molecule has 4 heterocycles. The van der Waals surface area contributed by atoms with E-state index in [0.717, 1.165) is 71.8 Å². The number of imidazole rings is 2. The van der Waals surface area contributed by atoms with Gasteiger partial charge in [-0.1, -0.05) is 64.1 Å². The van der Waals surface area contributed by atoms with Crippen molar-refractivity contribution in [1.29, 1.82) is 0 Å². The number of amides is 4. The van der Waals surface area contributed by atoms with E-state index < -0.39 is 35.5 Å². The number of carbonyl (C=O) groups excluding carboxylic acids is 4. The third-order valence-electron chi connectivity index (χ3n) is 13.5. The van der Waals surface area contributed by atoms with Crippen molar-refractivity contribution in [2.24, 2.45) is 17.8 Å². The molecule has 8 rings (SSSR count). The number of fused-ring (bicyclic) bond motifs is 3. The molecule has 0 spiro atoms. The van der Waals surface area contributed by atoms with Crippen LogP contribution < -0.4 is 10.6 Å². The number of ether oxygens (including phenoxy) is 2. The zero-order valence-corrected chi connectivity index (χ0v) is 39.8. The van der Waals surface area contributed by atoms with Gasteiger partial charge in [-0.25, -0.2) is 19.6 Å². The minimum atomic E-state index is -0.713. The van der Waals surface area contributed by atoms with E-state index in [1.54, 1.807) is 20.8 Å². The summed E-state index contributed by atoms with van der Waals surface area (Å²) in [5.74, 6) is 2.16. The summed E-state index contributed by atoms with van der Waals surface area (Å²) in [6.45, 7) is 19.8. The van der Waals surface area contributed by atoms with E-state index in [1.165, 1.54) is 29.5 Å². The second-order valence-electron chi connectivity index (χ2n) is 21.2. The van der Waals surface area contributed by atoms with Crippen LogP contribution in [0.15, 0.2) is 48.8 Å². The molecule has 14 heteroatoms. The maximum Gasteiger partial charge on any atom is 0.408 e. The lowest BCUT2D eigenvalue weighted by atomic mass is 9.73. The number of hydrogen-bond acceptors (Lipinski definition) is 8. The Kier molecular flexibility index (Phi) is 12.7. The first-order valence-electron chi connectivity index (χ1n) is 23.7. The number of nitrogens with one attached hydrogen (secondary N) is 4. The molecular weight excluding hydrogens is 821 g/mol. The molecule has 3 fully saturated rings. The van der Waals surface area contributed by atoms with Crippen LogP contribution in [0.1, 0.15) is 149 Å². The van der Waals surface area contributed by atoms with Crippen LogP contribution in [-0.4, -0.2) is 90.1 Å². The highest BCUT2D eigenvalue weighted by molar-refractivity contribution is 5.87. The van der Waals surface area contributed by atoms with Gasteiger partial charge < -0.3 is 39.9 Å². The predicted octanol–water partition coefficient (Wildman–Crippen LogP) is 9.61. The summed E-state index contributed by atoms with van der Waals surface area (Å²) in [4.78, 5) is 74.0. The van der Waals surface area contributed by atoms with Crippen molar-refractivity contribution < 1.29 is 28.7 Å². The maximum absolute atomic E-state index is 14.0. The number of nitrogens with zero attached hydrogens (tertiary/aromatic N) is 4. The molecule has 2 aliphatic heterocycles. The molecule has 2 saturated heterocycles. The Morgan fingerprint density at radius 3 is 1.77 bits per heavy atom. The second-order valence-corrected chi connectivity index (χ2v) is 21.2. The first-order valence-corrected chi connectivity index (χ1v) is 23.7. The summed E-state index contributed by atoms with van der Waals surface area (Å²) >= 11 is 0.